The zero-order valence-electron chi connectivity index (χ0n) is 12.7. The Balaban J connectivity index is 0.000000433. The molecule has 0 spiro atoms. The summed E-state index contributed by atoms with van der Waals surface area (Å²) in [5.74, 6) is -0.538. The first kappa shape index (κ1) is 19.5. The lowest BCUT2D eigenvalue weighted by atomic mass is 10.1. The third kappa shape index (κ3) is 12.0. The molecule has 3 N–H and O–H groups in total. The Morgan fingerprint density at radius 3 is 2.14 bits per heavy atom. The number of aliphatic carboxylic acids is 1. The van der Waals surface area contributed by atoms with Crippen molar-refractivity contribution >= 4 is 24.5 Å². The van der Waals surface area contributed by atoms with E-state index in [9.17, 15) is 9.59 Å². The summed E-state index contributed by atoms with van der Waals surface area (Å²) < 4.78 is 0. The highest BCUT2D eigenvalue weighted by molar-refractivity contribution is 7.81. The third-order valence-electron chi connectivity index (χ3n) is 2.81. The maximum absolute atomic E-state index is 10.7. The summed E-state index contributed by atoms with van der Waals surface area (Å²) in [7, 11) is 0. The van der Waals surface area contributed by atoms with E-state index in [0.29, 0.717) is 18.8 Å². The van der Waals surface area contributed by atoms with E-state index in [0.717, 1.165) is 12.8 Å². The van der Waals surface area contributed by atoms with Crippen LogP contribution in [0.25, 0.3) is 0 Å². The number of carboxylic acids is 1. The van der Waals surface area contributed by atoms with Gasteiger partial charge in [0.25, 0.3) is 0 Å². The van der Waals surface area contributed by atoms with Gasteiger partial charge in [0.15, 0.2) is 0 Å². The lowest BCUT2D eigenvalue weighted by Crippen LogP contribution is -2.24. The van der Waals surface area contributed by atoms with Gasteiger partial charge in [-0.1, -0.05) is 44.2 Å². The maximum Gasteiger partial charge on any atom is 0.303 e. The molecule has 0 radical (unpaired) electrons. The molecule has 0 aliphatic carbocycles. The van der Waals surface area contributed by atoms with Crippen molar-refractivity contribution in [3.63, 3.8) is 0 Å². The molecule has 1 rings (SSSR count). The number of hydrogen-bond acceptors (Lipinski definition) is 3. The van der Waals surface area contributed by atoms with Crippen LogP contribution in [-0.2, 0) is 16.0 Å². The first-order chi connectivity index (χ1) is 9.82. The van der Waals surface area contributed by atoms with Gasteiger partial charge >= 0.3 is 5.97 Å². The van der Waals surface area contributed by atoms with Gasteiger partial charge in [0.05, 0.1) is 5.25 Å². The van der Waals surface area contributed by atoms with E-state index in [1.165, 1.54) is 5.56 Å². The average Bonchev–Trinajstić information content (AvgIpc) is 2.44. The van der Waals surface area contributed by atoms with E-state index < -0.39 is 5.97 Å². The molecule has 0 aliphatic rings. The number of carbonyl (C=O) groups excluding carboxylic acids is 1. The minimum absolute atomic E-state index is 0.303. The van der Waals surface area contributed by atoms with Crippen LogP contribution in [0.1, 0.15) is 38.7 Å². The molecular formula is C16H25NO3S. The predicted molar refractivity (Wildman–Crippen MR) is 88.4 cm³/mol. The topological polar surface area (TPSA) is 80.4 Å². The Hall–Kier alpha value is -1.49. The molecule has 0 saturated heterocycles. The lowest BCUT2D eigenvalue weighted by molar-refractivity contribution is -0.137. The summed E-state index contributed by atoms with van der Waals surface area (Å²) in [6, 6.07) is 9.99. The minimum atomic E-state index is -0.696. The maximum atomic E-state index is 10.7. The highest BCUT2D eigenvalue weighted by Gasteiger charge is 2.08. The number of carboxylic acid groups (broad SMARTS) is 1. The SMILES string of the molecule is CC(C)CCC(=O)O.NC(=O)[C@@H](S)CCc1ccccc1. The van der Waals surface area contributed by atoms with Gasteiger partial charge in [-0.2, -0.15) is 12.6 Å². The highest BCUT2D eigenvalue weighted by atomic mass is 32.1. The second-order valence-electron chi connectivity index (χ2n) is 5.27. The van der Waals surface area contributed by atoms with Gasteiger partial charge in [0, 0.05) is 6.42 Å². The van der Waals surface area contributed by atoms with Crippen LogP contribution in [0.15, 0.2) is 30.3 Å². The summed E-state index contributed by atoms with van der Waals surface area (Å²) in [6.45, 7) is 4.03. The van der Waals surface area contributed by atoms with E-state index in [2.05, 4.69) is 12.6 Å². The molecular weight excluding hydrogens is 286 g/mol. The first-order valence-corrected chi connectivity index (χ1v) is 7.57. The molecule has 0 heterocycles. The van der Waals surface area contributed by atoms with Crippen LogP contribution in [0.3, 0.4) is 0 Å². The van der Waals surface area contributed by atoms with Crippen molar-refractivity contribution in [2.24, 2.45) is 11.7 Å². The molecule has 1 amide bonds. The fourth-order valence-electron chi connectivity index (χ4n) is 1.50. The lowest BCUT2D eigenvalue weighted by Gasteiger charge is -2.05. The van der Waals surface area contributed by atoms with Gasteiger partial charge in [0.2, 0.25) is 5.91 Å². The van der Waals surface area contributed by atoms with Gasteiger partial charge < -0.3 is 10.8 Å². The van der Waals surface area contributed by atoms with Crippen LogP contribution in [-0.4, -0.2) is 22.2 Å². The number of primary amides is 1. The van der Waals surface area contributed by atoms with Gasteiger partial charge in [-0.05, 0) is 30.7 Å². The summed E-state index contributed by atoms with van der Waals surface area (Å²) in [5, 5.41) is 7.83. The number of aryl methyl sites for hydroxylation is 1. The van der Waals surface area contributed by atoms with Crippen molar-refractivity contribution in [3.8, 4) is 0 Å². The molecule has 5 heteroatoms. The minimum Gasteiger partial charge on any atom is -0.481 e. The van der Waals surface area contributed by atoms with Crippen LogP contribution in [0.2, 0.25) is 0 Å². The van der Waals surface area contributed by atoms with Crippen LogP contribution in [0, 0.1) is 5.92 Å². The van der Waals surface area contributed by atoms with Crippen molar-refractivity contribution in [2.45, 2.75) is 44.8 Å². The number of nitrogens with two attached hydrogens (primary N) is 1. The van der Waals surface area contributed by atoms with E-state index in [1.54, 1.807) is 0 Å². The number of rotatable bonds is 7. The molecule has 0 unspecified atom stereocenters. The standard InChI is InChI=1S/C10H13NOS.C6H12O2/c11-10(12)9(13)7-6-8-4-2-1-3-5-8;1-5(2)3-4-6(7)8/h1-5,9,13H,6-7H2,(H2,11,12);5H,3-4H2,1-2H3,(H,7,8)/t9-;/m0./s1. The van der Waals surface area contributed by atoms with Gasteiger partial charge in [-0.3, -0.25) is 9.59 Å². The molecule has 0 fully saturated rings. The summed E-state index contributed by atoms with van der Waals surface area (Å²) in [5.41, 5.74) is 6.30. The molecule has 21 heavy (non-hydrogen) atoms. The predicted octanol–water partition coefficient (Wildman–Crippen LogP) is 2.91. The summed E-state index contributed by atoms with van der Waals surface area (Å²) in [4.78, 5) is 20.6. The monoisotopic (exact) mass is 311 g/mol. The molecule has 0 aromatic heterocycles. The van der Waals surface area contributed by atoms with Gasteiger partial charge in [-0.25, -0.2) is 0 Å². The highest BCUT2D eigenvalue weighted by Crippen LogP contribution is 2.08. The quantitative estimate of drug-likeness (QED) is 0.677. The largest absolute Gasteiger partial charge is 0.481 e. The van der Waals surface area contributed by atoms with E-state index in [-0.39, 0.29) is 11.2 Å². The van der Waals surface area contributed by atoms with E-state index >= 15 is 0 Å². The Morgan fingerprint density at radius 1 is 1.19 bits per heavy atom. The average molecular weight is 311 g/mol. The van der Waals surface area contributed by atoms with Gasteiger partial charge in [0.1, 0.15) is 0 Å². The molecule has 4 nitrogen and oxygen atoms in total. The third-order valence-corrected chi connectivity index (χ3v) is 3.33. The zero-order valence-corrected chi connectivity index (χ0v) is 13.6. The molecule has 118 valence electrons. The number of thiol groups is 1. The molecule has 1 aromatic rings. The number of hydrogen-bond donors (Lipinski definition) is 3. The molecule has 0 aliphatic heterocycles. The fourth-order valence-corrected chi connectivity index (χ4v) is 1.63. The number of carbonyl (C=O) groups is 2. The second kappa shape index (κ2) is 11.2. The van der Waals surface area contributed by atoms with Crippen molar-refractivity contribution in [1.82, 2.24) is 0 Å². The molecule has 1 aromatic carbocycles. The van der Waals surface area contributed by atoms with Crippen LogP contribution in [0.4, 0.5) is 0 Å². The van der Waals surface area contributed by atoms with Crippen molar-refractivity contribution in [3.05, 3.63) is 35.9 Å². The normalized spacial score (nSPS) is 11.4. The number of amides is 1. The van der Waals surface area contributed by atoms with Crippen molar-refractivity contribution in [2.75, 3.05) is 0 Å². The molecule has 0 saturated carbocycles. The van der Waals surface area contributed by atoms with Crippen LogP contribution >= 0.6 is 12.6 Å². The van der Waals surface area contributed by atoms with E-state index in [4.69, 9.17) is 10.8 Å². The van der Waals surface area contributed by atoms with Crippen LogP contribution < -0.4 is 5.73 Å². The van der Waals surface area contributed by atoms with E-state index in [1.807, 2.05) is 44.2 Å². The Morgan fingerprint density at radius 2 is 1.76 bits per heavy atom. The van der Waals surface area contributed by atoms with Crippen LogP contribution in [0.5, 0.6) is 0 Å². The summed E-state index contributed by atoms with van der Waals surface area (Å²) in [6.07, 6.45) is 2.63. The van der Waals surface area contributed by atoms with Crippen molar-refractivity contribution in [1.29, 1.82) is 0 Å². The van der Waals surface area contributed by atoms with Gasteiger partial charge in [-0.15, -0.1) is 0 Å². The molecule has 0 bridgehead atoms. The summed E-state index contributed by atoms with van der Waals surface area (Å²) >= 11 is 4.08. The zero-order chi connectivity index (χ0) is 16.3. The van der Waals surface area contributed by atoms with Crippen molar-refractivity contribution < 1.29 is 14.7 Å². The number of benzene rings is 1. The second-order valence-corrected chi connectivity index (χ2v) is 5.89. The Kier molecular flexibility index (Phi) is 10.4. The fraction of sp³-hybridized carbons (Fsp3) is 0.500. The molecule has 1 atom stereocenters. The smallest absolute Gasteiger partial charge is 0.303 e. The Bertz CT molecular complexity index is 421. The first-order valence-electron chi connectivity index (χ1n) is 7.06. The Labute approximate surface area is 132 Å².